The largest absolute Gasteiger partial charge is 0.353 e. The highest BCUT2D eigenvalue weighted by Crippen LogP contribution is 2.26. The number of carbonyl (C=O) groups is 1. The van der Waals surface area contributed by atoms with Crippen LogP contribution < -0.4 is 5.32 Å². The van der Waals surface area contributed by atoms with Gasteiger partial charge in [0, 0.05) is 37.6 Å². The molecule has 0 radical (unpaired) electrons. The Morgan fingerprint density at radius 1 is 1.08 bits per heavy atom. The van der Waals surface area contributed by atoms with Gasteiger partial charge in [0.05, 0.1) is 5.92 Å². The smallest absolute Gasteiger partial charge is 0.224 e. The van der Waals surface area contributed by atoms with Gasteiger partial charge in [0.15, 0.2) is 0 Å². The fourth-order valence-corrected chi connectivity index (χ4v) is 4.50. The number of piperidine rings is 2. The molecule has 1 aromatic rings. The average Bonchev–Trinajstić information content (AvgIpc) is 3.34. The Morgan fingerprint density at radius 3 is 2.65 bits per heavy atom. The van der Waals surface area contributed by atoms with E-state index in [4.69, 9.17) is 0 Å². The molecule has 0 aromatic carbocycles. The van der Waals surface area contributed by atoms with E-state index < -0.39 is 0 Å². The number of hydrogen-bond acceptors (Lipinski definition) is 4. The summed E-state index contributed by atoms with van der Waals surface area (Å²) in [5.41, 5.74) is 0. The number of nitrogens with one attached hydrogen (secondary N) is 1. The van der Waals surface area contributed by atoms with Gasteiger partial charge in [0.2, 0.25) is 5.91 Å². The molecule has 1 N–H and O–H groups in total. The SMILES string of the molecule is O=C(NC1CC1)[C@H]1CCCN(C2CCN(CCCn3cccn3)CC2)C1. The second-order valence-electron chi connectivity index (χ2n) is 8.31. The molecule has 26 heavy (non-hydrogen) atoms. The lowest BCUT2D eigenvalue weighted by Crippen LogP contribution is -2.51. The average molecular weight is 360 g/mol. The van der Waals surface area contributed by atoms with Crippen LogP contribution in [0.15, 0.2) is 18.5 Å². The molecule has 0 unspecified atom stereocenters. The van der Waals surface area contributed by atoms with Gasteiger partial charge in [-0.15, -0.1) is 0 Å². The van der Waals surface area contributed by atoms with E-state index in [0.29, 0.717) is 18.0 Å². The molecule has 1 amide bonds. The fraction of sp³-hybridized carbons (Fsp3) is 0.800. The first-order chi connectivity index (χ1) is 12.8. The van der Waals surface area contributed by atoms with Gasteiger partial charge in [-0.1, -0.05) is 0 Å². The summed E-state index contributed by atoms with van der Waals surface area (Å²) in [5, 5.41) is 7.48. The number of amides is 1. The van der Waals surface area contributed by atoms with E-state index in [1.165, 1.54) is 64.7 Å². The minimum Gasteiger partial charge on any atom is -0.353 e. The van der Waals surface area contributed by atoms with Crippen LogP contribution in [0, 0.1) is 5.92 Å². The molecule has 4 rings (SSSR count). The van der Waals surface area contributed by atoms with Crippen LogP contribution in [0.5, 0.6) is 0 Å². The van der Waals surface area contributed by atoms with E-state index in [2.05, 4.69) is 20.2 Å². The zero-order valence-electron chi connectivity index (χ0n) is 15.9. The number of aromatic nitrogens is 2. The van der Waals surface area contributed by atoms with E-state index in [-0.39, 0.29) is 5.92 Å². The van der Waals surface area contributed by atoms with Gasteiger partial charge < -0.3 is 10.2 Å². The number of hydrogen-bond donors (Lipinski definition) is 1. The molecule has 2 aliphatic heterocycles. The summed E-state index contributed by atoms with van der Waals surface area (Å²) in [6.45, 7) is 6.72. The second-order valence-corrected chi connectivity index (χ2v) is 8.31. The number of likely N-dealkylation sites (tertiary alicyclic amines) is 2. The Bertz CT molecular complexity index is 563. The molecule has 3 heterocycles. The summed E-state index contributed by atoms with van der Waals surface area (Å²) >= 11 is 0. The van der Waals surface area contributed by atoms with Crippen LogP contribution in [0.1, 0.15) is 44.9 Å². The van der Waals surface area contributed by atoms with Crippen LogP contribution in [0.2, 0.25) is 0 Å². The van der Waals surface area contributed by atoms with Crippen molar-refractivity contribution in [1.82, 2.24) is 24.9 Å². The lowest BCUT2D eigenvalue weighted by molar-refractivity contribution is -0.127. The monoisotopic (exact) mass is 359 g/mol. The van der Waals surface area contributed by atoms with Crippen LogP contribution in [0.3, 0.4) is 0 Å². The minimum absolute atomic E-state index is 0.219. The predicted molar refractivity (Wildman–Crippen MR) is 102 cm³/mol. The van der Waals surface area contributed by atoms with Crippen LogP contribution in [0.4, 0.5) is 0 Å². The van der Waals surface area contributed by atoms with Crippen LogP contribution in [0.25, 0.3) is 0 Å². The first kappa shape index (κ1) is 18.0. The summed E-state index contributed by atoms with van der Waals surface area (Å²) in [6, 6.07) is 3.15. The van der Waals surface area contributed by atoms with E-state index in [9.17, 15) is 4.79 Å². The van der Waals surface area contributed by atoms with Gasteiger partial charge >= 0.3 is 0 Å². The zero-order chi connectivity index (χ0) is 17.8. The predicted octanol–water partition coefficient (Wildman–Crippen LogP) is 1.73. The molecule has 1 atom stereocenters. The Morgan fingerprint density at radius 2 is 1.92 bits per heavy atom. The highest BCUT2D eigenvalue weighted by atomic mass is 16.2. The molecule has 6 nitrogen and oxygen atoms in total. The lowest BCUT2D eigenvalue weighted by Gasteiger charge is -2.42. The Labute approximate surface area is 156 Å². The molecule has 1 aliphatic carbocycles. The molecule has 3 aliphatic rings. The fourth-order valence-electron chi connectivity index (χ4n) is 4.50. The van der Waals surface area contributed by atoms with Crippen molar-refractivity contribution in [2.45, 2.75) is 63.6 Å². The van der Waals surface area contributed by atoms with Gasteiger partial charge in [-0.05, 0) is 77.2 Å². The number of nitrogens with zero attached hydrogens (tertiary/aromatic N) is 4. The van der Waals surface area contributed by atoms with Gasteiger partial charge in [-0.2, -0.15) is 5.10 Å². The third-order valence-electron chi connectivity index (χ3n) is 6.24. The van der Waals surface area contributed by atoms with Crippen LogP contribution in [-0.4, -0.2) is 70.3 Å². The normalized spacial score (nSPS) is 26.1. The zero-order valence-corrected chi connectivity index (χ0v) is 15.9. The first-order valence-electron chi connectivity index (χ1n) is 10.5. The maximum Gasteiger partial charge on any atom is 0.224 e. The molecule has 1 aromatic heterocycles. The third-order valence-corrected chi connectivity index (χ3v) is 6.24. The molecule has 144 valence electrons. The minimum atomic E-state index is 0.219. The van der Waals surface area contributed by atoms with Gasteiger partial charge in [-0.3, -0.25) is 14.4 Å². The van der Waals surface area contributed by atoms with Crippen molar-refractivity contribution in [3.05, 3.63) is 18.5 Å². The van der Waals surface area contributed by atoms with E-state index in [0.717, 1.165) is 19.5 Å². The lowest BCUT2D eigenvalue weighted by atomic mass is 9.93. The second kappa shape index (κ2) is 8.53. The first-order valence-corrected chi connectivity index (χ1v) is 10.5. The van der Waals surface area contributed by atoms with Gasteiger partial charge in [-0.25, -0.2) is 0 Å². The third kappa shape index (κ3) is 4.86. The van der Waals surface area contributed by atoms with E-state index in [1.54, 1.807) is 0 Å². The summed E-state index contributed by atoms with van der Waals surface area (Å²) in [5.74, 6) is 0.532. The van der Waals surface area contributed by atoms with Gasteiger partial charge in [0.25, 0.3) is 0 Å². The number of rotatable bonds is 7. The summed E-state index contributed by atoms with van der Waals surface area (Å²) in [6.07, 6.45) is 12.2. The molecule has 0 bridgehead atoms. The van der Waals surface area contributed by atoms with Crippen LogP contribution in [-0.2, 0) is 11.3 Å². The maximum absolute atomic E-state index is 12.4. The molecular formula is C20H33N5O. The van der Waals surface area contributed by atoms with Crippen molar-refractivity contribution in [2.24, 2.45) is 5.92 Å². The topological polar surface area (TPSA) is 53.4 Å². The van der Waals surface area contributed by atoms with Crippen molar-refractivity contribution >= 4 is 5.91 Å². The molecule has 1 saturated carbocycles. The van der Waals surface area contributed by atoms with E-state index >= 15 is 0 Å². The van der Waals surface area contributed by atoms with Crippen molar-refractivity contribution < 1.29 is 4.79 Å². The maximum atomic E-state index is 12.4. The van der Waals surface area contributed by atoms with Gasteiger partial charge in [0.1, 0.15) is 0 Å². The van der Waals surface area contributed by atoms with Crippen molar-refractivity contribution in [1.29, 1.82) is 0 Å². The number of aryl methyl sites for hydroxylation is 1. The van der Waals surface area contributed by atoms with Crippen molar-refractivity contribution in [2.75, 3.05) is 32.7 Å². The molecule has 0 spiro atoms. The summed E-state index contributed by atoms with van der Waals surface area (Å²) < 4.78 is 2.02. The quantitative estimate of drug-likeness (QED) is 0.806. The summed E-state index contributed by atoms with van der Waals surface area (Å²) in [7, 11) is 0. The Hall–Kier alpha value is -1.40. The van der Waals surface area contributed by atoms with Crippen molar-refractivity contribution in [3.63, 3.8) is 0 Å². The standard InChI is InChI=1S/C20H33N5O/c26-20(22-18-5-6-18)17-4-1-11-24(16-17)19-7-14-23(15-8-19)10-3-13-25-12-2-9-21-25/h2,9,12,17-19H,1,3-8,10-11,13-16H2,(H,22,26)/t17-/m0/s1. The van der Waals surface area contributed by atoms with Crippen molar-refractivity contribution in [3.8, 4) is 0 Å². The highest BCUT2D eigenvalue weighted by Gasteiger charge is 2.33. The Balaban J connectivity index is 1.17. The van der Waals surface area contributed by atoms with E-state index in [1.807, 2.05) is 23.1 Å². The number of carbonyl (C=O) groups excluding carboxylic acids is 1. The highest BCUT2D eigenvalue weighted by molar-refractivity contribution is 5.79. The Kier molecular flexibility index (Phi) is 5.90. The molecule has 2 saturated heterocycles. The molecule has 3 fully saturated rings. The molecule has 6 heteroatoms. The summed E-state index contributed by atoms with van der Waals surface area (Å²) in [4.78, 5) is 17.6. The molecular weight excluding hydrogens is 326 g/mol. The van der Waals surface area contributed by atoms with Crippen LogP contribution >= 0.6 is 0 Å².